The number of thiocarbonyl (C=S) groups is 1. The first-order valence-electron chi connectivity index (χ1n) is 7.70. The Hall–Kier alpha value is -2.22. The summed E-state index contributed by atoms with van der Waals surface area (Å²) in [5.74, 6) is -1.09. The SMILES string of the molecule is COc1cccc(C2OC(CC(=O)O)C(=S)Nc3ccc(F)cc32)c1Cl. The normalized spacial score (nSPS) is 19.3. The van der Waals surface area contributed by atoms with Gasteiger partial charge in [-0.25, -0.2) is 4.39 Å². The molecule has 0 amide bonds. The van der Waals surface area contributed by atoms with Crippen molar-refractivity contribution in [2.24, 2.45) is 0 Å². The lowest BCUT2D eigenvalue weighted by molar-refractivity contribution is -0.139. The van der Waals surface area contributed by atoms with Crippen LogP contribution in [0.5, 0.6) is 5.75 Å². The second kappa shape index (κ2) is 7.57. The van der Waals surface area contributed by atoms with Gasteiger partial charge in [0, 0.05) is 16.8 Å². The van der Waals surface area contributed by atoms with Gasteiger partial charge in [-0.15, -0.1) is 0 Å². The summed E-state index contributed by atoms with van der Waals surface area (Å²) >= 11 is 11.7. The highest BCUT2D eigenvalue weighted by atomic mass is 35.5. The number of aliphatic carboxylic acids is 1. The number of methoxy groups -OCH3 is 1. The Morgan fingerprint density at radius 2 is 2.15 bits per heavy atom. The molecular weight excluding hydrogens is 381 g/mol. The van der Waals surface area contributed by atoms with Gasteiger partial charge in [-0.2, -0.15) is 0 Å². The molecule has 0 fully saturated rings. The van der Waals surface area contributed by atoms with E-state index in [9.17, 15) is 9.18 Å². The largest absolute Gasteiger partial charge is 0.495 e. The van der Waals surface area contributed by atoms with E-state index in [0.29, 0.717) is 27.6 Å². The molecule has 26 heavy (non-hydrogen) atoms. The van der Waals surface area contributed by atoms with E-state index in [0.717, 1.165) is 0 Å². The van der Waals surface area contributed by atoms with E-state index in [4.69, 9.17) is 38.4 Å². The number of hydrogen-bond acceptors (Lipinski definition) is 4. The Morgan fingerprint density at radius 1 is 1.38 bits per heavy atom. The van der Waals surface area contributed by atoms with Crippen LogP contribution in [0.1, 0.15) is 23.7 Å². The zero-order valence-electron chi connectivity index (χ0n) is 13.7. The second-order valence-corrected chi connectivity index (χ2v) is 6.50. The van der Waals surface area contributed by atoms with Crippen molar-refractivity contribution in [3.63, 3.8) is 0 Å². The first-order valence-corrected chi connectivity index (χ1v) is 8.49. The van der Waals surface area contributed by atoms with Crippen molar-refractivity contribution in [1.29, 1.82) is 0 Å². The van der Waals surface area contributed by atoms with Crippen LogP contribution in [0.2, 0.25) is 5.02 Å². The van der Waals surface area contributed by atoms with Gasteiger partial charge in [0.2, 0.25) is 0 Å². The number of carbonyl (C=O) groups is 1. The van der Waals surface area contributed by atoms with Gasteiger partial charge in [0.1, 0.15) is 28.8 Å². The first kappa shape index (κ1) is 18.6. The molecular formula is C18H15ClFNO4S. The van der Waals surface area contributed by atoms with Gasteiger partial charge in [-0.1, -0.05) is 36.0 Å². The van der Waals surface area contributed by atoms with Crippen LogP contribution in [0, 0.1) is 5.82 Å². The Morgan fingerprint density at radius 3 is 2.85 bits per heavy atom. The number of anilines is 1. The molecule has 8 heteroatoms. The molecule has 0 saturated carbocycles. The van der Waals surface area contributed by atoms with E-state index in [2.05, 4.69) is 5.32 Å². The van der Waals surface area contributed by atoms with Crippen molar-refractivity contribution in [3.8, 4) is 5.75 Å². The van der Waals surface area contributed by atoms with Crippen LogP contribution in [0.25, 0.3) is 0 Å². The van der Waals surface area contributed by atoms with E-state index in [1.54, 1.807) is 18.2 Å². The lowest BCUT2D eigenvalue weighted by atomic mass is 9.99. The standard InChI is InChI=1S/C18H15ClFNO4S/c1-24-13-4-2-3-10(16(13)19)17-11-7-9(20)5-6-12(11)21-18(26)14(25-17)8-15(22)23/h2-7,14,17H,8H2,1H3,(H,21,26)(H,22,23). The number of nitrogens with one attached hydrogen (secondary N) is 1. The minimum atomic E-state index is -1.06. The number of halogens is 2. The van der Waals surface area contributed by atoms with E-state index < -0.39 is 24.0 Å². The highest BCUT2D eigenvalue weighted by Crippen LogP contribution is 2.41. The molecule has 1 heterocycles. The zero-order chi connectivity index (χ0) is 18.8. The number of fused-ring (bicyclic) bond motifs is 1. The number of carboxylic acid groups (broad SMARTS) is 1. The Balaban J connectivity index is 2.15. The molecule has 0 aromatic heterocycles. The van der Waals surface area contributed by atoms with Crippen LogP contribution in [0.3, 0.4) is 0 Å². The molecule has 5 nitrogen and oxygen atoms in total. The van der Waals surface area contributed by atoms with Gasteiger partial charge in [0.05, 0.1) is 18.6 Å². The van der Waals surface area contributed by atoms with Crippen LogP contribution in [0.15, 0.2) is 36.4 Å². The number of rotatable bonds is 4. The van der Waals surface area contributed by atoms with Gasteiger partial charge < -0.3 is 19.9 Å². The number of carboxylic acids is 1. The maximum absolute atomic E-state index is 13.9. The first-order chi connectivity index (χ1) is 12.4. The van der Waals surface area contributed by atoms with Crippen molar-refractivity contribution in [3.05, 3.63) is 58.4 Å². The summed E-state index contributed by atoms with van der Waals surface area (Å²) in [5.41, 5.74) is 1.53. The predicted molar refractivity (Wildman–Crippen MR) is 99.6 cm³/mol. The summed E-state index contributed by atoms with van der Waals surface area (Å²) in [6.07, 6.45) is -2.05. The molecule has 136 valence electrons. The number of hydrogen-bond donors (Lipinski definition) is 2. The summed E-state index contributed by atoms with van der Waals surface area (Å²) in [4.78, 5) is 11.4. The maximum Gasteiger partial charge on any atom is 0.306 e. The van der Waals surface area contributed by atoms with E-state index >= 15 is 0 Å². The average Bonchev–Trinajstić information content (AvgIpc) is 2.72. The van der Waals surface area contributed by atoms with Crippen molar-refractivity contribution in [1.82, 2.24) is 0 Å². The van der Waals surface area contributed by atoms with Crippen molar-refractivity contribution < 1.29 is 23.8 Å². The van der Waals surface area contributed by atoms with E-state index in [-0.39, 0.29) is 11.4 Å². The van der Waals surface area contributed by atoms with Gasteiger partial charge in [-0.05, 0) is 24.3 Å². The third-order valence-corrected chi connectivity index (χ3v) is 4.77. The predicted octanol–water partition coefficient (Wildman–Crippen LogP) is 4.19. The number of benzene rings is 2. The monoisotopic (exact) mass is 395 g/mol. The molecule has 1 aliphatic heterocycles. The van der Waals surface area contributed by atoms with Gasteiger partial charge in [0.15, 0.2) is 0 Å². The van der Waals surface area contributed by atoms with Crippen molar-refractivity contribution in [2.75, 3.05) is 12.4 Å². The third kappa shape index (κ3) is 3.65. The highest BCUT2D eigenvalue weighted by Gasteiger charge is 2.32. The quantitative estimate of drug-likeness (QED) is 0.756. The molecule has 0 radical (unpaired) electrons. The summed E-state index contributed by atoms with van der Waals surface area (Å²) in [7, 11) is 1.48. The van der Waals surface area contributed by atoms with Gasteiger partial charge in [-0.3, -0.25) is 4.79 Å². The molecule has 2 aromatic rings. The number of ether oxygens (including phenoxy) is 2. The summed E-state index contributed by atoms with van der Waals surface area (Å²) in [6.45, 7) is 0. The topological polar surface area (TPSA) is 67.8 Å². The van der Waals surface area contributed by atoms with Crippen LogP contribution in [0.4, 0.5) is 10.1 Å². The van der Waals surface area contributed by atoms with Gasteiger partial charge in [0.25, 0.3) is 0 Å². The molecule has 0 saturated heterocycles. The molecule has 0 bridgehead atoms. The van der Waals surface area contributed by atoms with E-state index in [1.807, 2.05) is 0 Å². The summed E-state index contributed by atoms with van der Waals surface area (Å²) < 4.78 is 25.1. The molecule has 2 unspecified atom stereocenters. The molecule has 3 rings (SSSR count). The van der Waals surface area contributed by atoms with Gasteiger partial charge >= 0.3 is 5.97 Å². The molecule has 1 aliphatic rings. The summed E-state index contributed by atoms with van der Waals surface area (Å²) in [5, 5.41) is 12.4. The van der Waals surface area contributed by atoms with Crippen molar-refractivity contribution >= 4 is 40.5 Å². The molecule has 2 N–H and O–H groups in total. The fraction of sp³-hybridized carbons (Fsp3) is 0.222. The van der Waals surface area contributed by atoms with Crippen LogP contribution < -0.4 is 10.1 Å². The molecule has 2 atom stereocenters. The Bertz CT molecular complexity index is 876. The second-order valence-electron chi connectivity index (χ2n) is 5.69. The molecule has 0 aliphatic carbocycles. The lowest BCUT2D eigenvalue weighted by Gasteiger charge is -2.23. The fourth-order valence-corrected chi connectivity index (χ4v) is 3.36. The van der Waals surface area contributed by atoms with Crippen LogP contribution >= 0.6 is 23.8 Å². The van der Waals surface area contributed by atoms with E-state index in [1.165, 1.54) is 25.3 Å². The molecule has 2 aromatic carbocycles. The third-order valence-electron chi connectivity index (χ3n) is 4.00. The van der Waals surface area contributed by atoms with Crippen LogP contribution in [-0.4, -0.2) is 29.3 Å². The fourth-order valence-electron chi connectivity index (χ4n) is 2.81. The average molecular weight is 396 g/mol. The molecule has 0 spiro atoms. The minimum Gasteiger partial charge on any atom is -0.495 e. The Kier molecular flexibility index (Phi) is 5.41. The Labute approximate surface area is 159 Å². The maximum atomic E-state index is 13.9. The van der Waals surface area contributed by atoms with Crippen LogP contribution in [-0.2, 0) is 9.53 Å². The van der Waals surface area contributed by atoms with Crippen molar-refractivity contribution in [2.45, 2.75) is 18.6 Å². The minimum absolute atomic E-state index is 0.210. The lowest BCUT2D eigenvalue weighted by Crippen LogP contribution is -2.30. The zero-order valence-corrected chi connectivity index (χ0v) is 15.2. The highest BCUT2D eigenvalue weighted by molar-refractivity contribution is 7.80. The summed E-state index contributed by atoms with van der Waals surface area (Å²) in [6, 6.07) is 9.27. The smallest absolute Gasteiger partial charge is 0.306 e.